The van der Waals surface area contributed by atoms with Gasteiger partial charge in [0.1, 0.15) is 12.4 Å². The van der Waals surface area contributed by atoms with E-state index in [2.05, 4.69) is 21.7 Å². The molecular formula is C11H20N4O. The maximum Gasteiger partial charge on any atom is 0.159 e. The minimum atomic E-state index is 0.563. The Morgan fingerprint density at radius 2 is 2.38 bits per heavy atom. The Bertz CT molecular complexity index is 337. The summed E-state index contributed by atoms with van der Waals surface area (Å²) in [6.07, 6.45) is 3.15. The van der Waals surface area contributed by atoms with Crippen molar-refractivity contribution in [1.82, 2.24) is 14.8 Å². The van der Waals surface area contributed by atoms with Crippen molar-refractivity contribution in [3.8, 4) is 0 Å². The first kappa shape index (κ1) is 11.5. The Morgan fingerprint density at radius 1 is 1.50 bits per heavy atom. The van der Waals surface area contributed by atoms with Crippen LogP contribution in [0.15, 0.2) is 0 Å². The first-order valence-corrected chi connectivity index (χ1v) is 6.04. The van der Waals surface area contributed by atoms with Gasteiger partial charge in [-0.3, -0.25) is 0 Å². The number of nitrogens with zero attached hydrogens (tertiary/aromatic N) is 3. The number of hydrogen-bond donors (Lipinski definition) is 1. The molecule has 5 heteroatoms. The van der Waals surface area contributed by atoms with Crippen LogP contribution in [-0.2, 0) is 24.3 Å². The van der Waals surface area contributed by atoms with Gasteiger partial charge in [0.2, 0.25) is 0 Å². The quantitative estimate of drug-likeness (QED) is 0.749. The van der Waals surface area contributed by atoms with E-state index in [1.807, 2.05) is 0 Å². The number of fused-ring (bicyclic) bond motifs is 1. The van der Waals surface area contributed by atoms with E-state index in [4.69, 9.17) is 10.5 Å². The molecule has 16 heavy (non-hydrogen) atoms. The third kappa shape index (κ3) is 2.41. The molecule has 0 saturated heterocycles. The van der Waals surface area contributed by atoms with E-state index in [1.165, 1.54) is 0 Å². The normalized spacial score (nSPS) is 19.8. The molecule has 1 unspecified atom stereocenters. The minimum Gasteiger partial charge on any atom is -0.373 e. The van der Waals surface area contributed by atoms with Crippen LogP contribution in [0.3, 0.4) is 0 Å². The lowest BCUT2D eigenvalue weighted by Crippen LogP contribution is -2.27. The second kappa shape index (κ2) is 5.41. The molecule has 0 fully saturated rings. The lowest BCUT2D eigenvalue weighted by molar-refractivity contribution is 0.112. The molecule has 1 aliphatic rings. The lowest BCUT2D eigenvalue weighted by atomic mass is 10.00. The Hall–Kier alpha value is -0.940. The van der Waals surface area contributed by atoms with Crippen LogP contribution in [0.2, 0.25) is 0 Å². The van der Waals surface area contributed by atoms with E-state index in [9.17, 15) is 0 Å². The van der Waals surface area contributed by atoms with Crippen LogP contribution in [-0.4, -0.2) is 27.9 Å². The molecule has 1 aromatic heterocycles. The van der Waals surface area contributed by atoms with Gasteiger partial charge >= 0.3 is 0 Å². The summed E-state index contributed by atoms with van der Waals surface area (Å²) < 4.78 is 7.68. The van der Waals surface area contributed by atoms with Crippen molar-refractivity contribution < 1.29 is 4.74 Å². The third-order valence-corrected chi connectivity index (χ3v) is 3.03. The molecule has 0 aliphatic carbocycles. The number of aromatic nitrogens is 3. The highest BCUT2D eigenvalue weighted by Gasteiger charge is 2.21. The van der Waals surface area contributed by atoms with E-state index in [0.717, 1.165) is 50.6 Å². The standard InChI is InChI=1S/C11H20N4O/c1-2-5-16-8-11-14-13-10-4-3-9(6-12)7-15(10)11/h9H,2-8,12H2,1H3. The monoisotopic (exact) mass is 224 g/mol. The van der Waals surface area contributed by atoms with Crippen molar-refractivity contribution in [1.29, 1.82) is 0 Å². The van der Waals surface area contributed by atoms with Gasteiger partial charge < -0.3 is 15.0 Å². The average molecular weight is 224 g/mol. The smallest absolute Gasteiger partial charge is 0.159 e. The molecule has 5 nitrogen and oxygen atoms in total. The van der Waals surface area contributed by atoms with Crippen LogP contribution in [0.25, 0.3) is 0 Å². The molecule has 1 atom stereocenters. The summed E-state index contributed by atoms with van der Waals surface area (Å²) in [7, 11) is 0. The molecule has 0 aromatic carbocycles. The molecule has 2 rings (SSSR count). The van der Waals surface area contributed by atoms with Crippen LogP contribution in [0, 0.1) is 5.92 Å². The van der Waals surface area contributed by atoms with Gasteiger partial charge in [0.25, 0.3) is 0 Å². The van der Waals surface area contributed by atoms with Gasteiger partial charge in [0.15, 0.2) is 5.82 Å². The highest BCUT2D eigenvalue weighted by Crippen LogP contribution is 2.19. The maximum absolute atomic E-state index is 5.72. The highest BCUT2D eigenvalue weighted by molar-refractivity contribution is 4.99. The molecule has 0 amide bonds. The van der Waals surface area contributed by atoms with Crippen LogP contribution in [0.4, 0.5) is 0 Å². The zero-order valence-corrected chi connectivity index (χ0v) is 9.85. The molecule has 0 saturated carbocycles. The Kier molecular flexibility index (Phi) is 3.90. The Morgan fingerprint density at radius 3 is 3.12 bits per heavy atom. The molecule has 1 aliphatic heterocycles. The van der Waals surface area contributed by atoms with Crippen molar-refractivity contribution in [2.75, 3.05) is 13.2 Å². The second-order valence-corrected chi connectivity index (χ2v) is 4.34. The van der Waals surface area contributed by atoms with Gasteiger partial charge in [-0.25, -0.2) is 0 Å². The van der Waals surface area contributed by atoms with Crippen molar-refractivity contribution in [2.24, 2.45) is 11.7 Å². The van der Waals surface area contributed by atoms with Gasteiger partial charge in [0.05, 0.1) is 0 Å². The van der Waals surface area contributed by atoms with Crippen molar-refractivity contribution in [2.45, 2.75) is 39.3 Å². The summed E-state index contributed by atoms with van der Waals surface area (Å²) in [5, 5.41) is 8.38. The largest absolute Gasteiger partial charge is 0.373 e. The first-order chi connectivity index (χ1) is 7.85. The van der Waals surface area contributed by atoms with Crippen molar-refractivity contribution >= 4 is 0 Å². The van der Waals surface area contributed by atoms with Crippen LogP contribution < -0.4 is 5.73 Å². The number of hydrogen-bond acceptors (Lipinski definition) is 4. The summed E-state index contributed by atoms with van der Waals surface area (Å²) in [4.78, 5) is 0. The SMILES string of the molecule is CCCOCc1nnc2n1CC(CN)CC2. The Labute approximate surface area is 96.0 Å². The molecule has 90 valence electrons. The first-order valence-electron chi connectivity index (χ1n) is 6.04. The van der Waals surface area contributed by atoms with E-state index < -0.39 is 0 Å². The minimum absolute atomic E-state index is 0.563. The fourth-order valence-corrected chi connectivity index (χ4v) is 2.06. The number of rotatable bonds is 5. The predicted octanol–water partition coefficient (Wildman–Crippen LogP) is 0.726. The molecule has 0 spiro atoms. The van der Waals surface area contributed by atoms with Crippen LogP contribution in [0.5, 0.6) is 0 Å². The highest BCUT2D eigenvalue weighted by atomic mass is 16.5. The topological polar surface area (TPSA) is 66.0 Å². The second-order valence-electron chi connectivity index (χ2n) is 4.34. The van der Waals surface area contributed by atoms with Gasteiger partial charge in [-0.05, 0) is 25.3 Å². The zero-order chi connectivity index (χ0) is 11.4. The van der Waals surface area contributed by atoms with Crippen molar-refractivity contribution in [3.63, 3.8) is 0 Å². The lowest BCUT2D eigenvalue weighted by Gasteiger charge is -2.22. The Balaban J connectivity index is 2.01. The van der Waals surface area contributed by atoms with Crippen LogP contribution in [0.1, 0.15) is 31.4 Å². The molecule has 2 N–H and O–H groups in total. The summed E-state index contributed by atoms with van der Waals surface area (Å²) in [6, 6.07) is 0. The van der Waals surface area contributed by atoms with E-state index in [0.29, 0.717) is 12.5 Å². The number of ether oxygens (including phenoxy) is 1. The predicted molar refractivity (Wildman–Crippen MR) is 60.8 cm³/mol. The van der Waals surface area contributed by atoms with Gasteiger partial charge in [-0.1, -0.05) is 6.92 Å². The van der Waals surface area contributed by atoms with E-state index in [1.54, 1.807) is 0 Å². The third-order valence-electron chi connectivity index (χ3n) is 3.03. The maximum atomic E-state index is 5.72. The summed E-state index contributed by atoms with van der Waals surface area (Å²) >= 11 is 0. The fraction of sp³-hybridized carbons (Fsp3) is 0.818. The van der Waals surface area contributed by atoms with Gasteiger partial charge in [-0.15, -0.1) is 10.2 Å². The van der Waals surface area contributed by atoms with E-state index >= 15 is 0 Å². The van der Waals surface area contributed by atoms with E-state index in [-0.39, 0.29) is 0 Å². The molecule has 1 aromatic rings. The summed E-state index contributed by atoms with van der Waals surface area (Å²) in [5.74, 6) is 2.59. The molecular weight excluding hydrogens is 204 g/mol. The summed E-state index contributed by atoms with van der Waals surface area (Å²) in [6.45, 7) is 5.14. The van der Waals surface area contributed by atoms with Gasteiger partial charge in [0, 0.05) is 19.6 Å². The molecule has 0 bridgehead atoms. The van der Waals surface area contributed by atoms with Crippen LogP contribution >= 0.6 is 0 Å². The van der Waals surface area contributed by atoms with Crippen molar-refractivity contribution in [3.05, 3.63) is 11.6 Å². The summed E-state index contributed by atoms with van der Waals surface area (Å²) in [5.41, 5.74) is 5.72. The zero-order valence-electron chi connectivity index (χ0n) is 9.85. The number of nitrogens with two attached hydrogens (primary N) is 1. The molecule has 0 radical (unpaired) electrons. The molecule has 2 heterocycles. The fourth-order valence-electron chi connectivity index (χ4n) is 2.06. The van der Waals surface area contributed by atoms with Gasteiger partial charge in [-0.2, -0.15) is 0 Å². The number of aryl methyl sites for hydroxylation is 1. The average Bonchev–Trinajstić information content (AvgIpc) is 2.72.